The number of ether oxygens (including phenoxy) is 9. The Labute approximate surface area is 294 Å². The fourth-order valence-electron chi connectivity index (χ4n) is 5.57. The lowest BCUT2D eigenvalue weighted by Crippen LogP contribution is -2.17. The van der Waals surface area contributed by atoms with Crippen LogP contribution in [-0.2, 0) is 33.5 Å². The van der Waals surface area contributed by atoms with Crippen molar-refractivity contribution >= 4 is 17.9 Å². The first kappa shape index (κ1) is 34.0. The van der Waals surface area contributed by atoms with Crippen LogP contribution < -0.4 is 28.4 Å². The van der Waals surface area contributed by atoms with Crippen LogP contribution in [0.5, 0.6) is 34.5 Å². The van der Waals surface area contributed by atoms with Crippen molar-refractivity contribution in [3.8, 4) is 34.5 Å². The molecule has 0 spiro atoms. The van der Waals surface area contributed by atoms with Gasteiger partial charge in [-0.2, -0.15) is 0 Å². The fourth-order valence-corrected chi connectivity index (χ4v) is 5.57. The van der Waals surface area contributed by atoms with E-state index >= 15 is 0 Å². The van der Waals surface area contributed by atoms with E-state index in [2.05, 4.69) is 0 Å². The molecule has 3 aliphatic rings. The average Bonchev–Trinajstić information content (AvgIpc) is 3.98. The van der Waals surface area contributed by atoms with E-state index in [1.54, 1.807) is 36.4 Å². The highest BCUT2D eigenvalue weighted by atomic mass is 16.6. The third kappa shape index (κ3) is 8.66. The summed E-state index contributed by atoms with van der Waals surface area (Å²) in [5.41, 5.74) is 2.56. The van der Waals surface area contributed by atoms with Crippen molar-refractivity contribution in [2.45, 2.75) is 37.6 Å². The fraction of sp³-hybridized carbons (Fsp3) is 0.308. The average molecular weight is 697 g/mol. The molecule has 3 aliphatic heterocycles. The van der Waals surface area contributed by atoms with E-state index in [9.17, 15) is 14.4 Å². The van der Waals surface area contributed by atoms with Gasteiger partial charge in [0.05, 0.1) is 76.2 Å². The number of methoxy groups -OCH3 is 3. The highest BCUT2D eigenvalue weighted by Gasteiger charge is 2.27. The molecule has 51 heavy (non-hydrogen) atoms. The van der Waals surface area contributed by atoms with Crippen molar-refractivity contribution in [1.82, 2.24) is 0 Å². The molecule has 4 aromatic carbocycles. The molecule has 3 saturated heterocycles. The number of esters is 3. The van der Waals surface area contributed by atoms with Gasteiger partial charge in [0, 0.05) is 19.3 Å². The number of benzene rings is 4. The van der Waals surface area contributed by atoms with Crippen molar-refractivity contribution in [3.05, 3.63) is 106 Å². The Morgan fingerprint density at radius 3 is 0.980 bits per heavy atom. The predicted molar refractivity (Wildman–Crippen MR) is 181 cm³/mol. The van der Waals surface area contributed by atoms with Crippen LogP contribution in [0.3, 0.4) is 0 Å². The summed E-state index contributed by atoms with van der Waals surface area (Å²) in [5, 5.41) is 0. The van der Waals surface area contributed by atoms with E-state index in [0.29, 0.717) is 56.3 Å². The van der Waals surface area contributed by atoms with E-state index in [1.165, 1.54) is 39.5 Å². The minimum atomic E-state index is -0.844. The smallest absolute Gasteiger partial charge is 0.343 e. The second kappa shape index (κ2) is 14.8. The van der Waals surface area contributed by atoms with Crippen LogP contribution in [0, 0.1) is 0 Å². The molecule has 3 heterocycles. The summed E-state index contributed by atoms with van der Waals surface area (Å²) in [7, 11) is 4.40. The van der Waals surface area contributed by atoms with Crippen molar-refractivity contribution in [3.63, 3.8) is 0 Å². The van der Waals surface area contributed by atoms with Crippen molar-refractivity contribution in [2.75, 3.05) is 41.2 Å². The molecule has 12 heteroatoms. The zero-order valence-corrected chi connectivity index (χ0v) is 28.3. The summed E-state index contributed by atoms with van der Waals surface area (Å²) < 4.78 is 49.6. The van der Waals surface area contributed by atoms with Gasteiger partial charge in [-0.25, -0.2) is 14.4 Å². The molecule has 264 valence electrons. The maximum Gasteiger partial charge on any atom is 0.343 e. The molecule has 0 radical (unpaired) electrons. The number of rotatable bonds is 15. The molecule has 4 aromatic rings. The first-order valence-electron chi connectivity index (χ1n) is 16.5. The van der Waals surface area contributed by atoms with Gasteiger partial charge in [-0.05, 0) is 71.3 Å². The van der Waals surface area contributed by atoms with Crippen molar-refractivity contribution < 1.29 is 57.0 Å². The topological polar surface area (TPSA) is 144 Å². The molecule has 3 unspecified atom stereocenters. The second-order valence-electron chi connectivity index (χ2n) is 12.4. The van der Waals surface area contributed by atoms with Gasteiger partial charge >= 0.3 is 17.9 Å². The number of hydrogen-bond donors (Lipinski definition) is 0. The lowest BCUT2D eigenvalue weighted by Gasteiger charge is -2.14. The molecule has 0 saturated carbocycles. The minimum Gasteiger partial charge on any atom is -0.493 e. The van der Waals surface area contributed by atoms with Gasteiger partial charge in [0.25, 0.3) is 0 Å². The molecule has 0 N–H and O–H groups in total. The zero-order chi connectivity index (χ0) is 35.5. The van der Waals surface area contributed by atoms with Crippen molar-refractivity contribution in [1.29, 1.82) is 0 Å². The van der Waals surface area contributed by atoms with E-state index < -0.39 is 17.9 Å². The molecular weight excluding hydrogens is 660 g/mol. The van der Waals surface area contributed by atoms with Crippen LogP contribution in [0.15, 0.2) is 72.8 Å². The zero-order valence-electron chi connectivity index (χ0n) is 28.3. The van der Waals surface area contributed by atoms with Gasteiger partial charge < -0.3 is 42.6 Å². The van der Waals surface area contributed by atoms with Gasteiger partial charge in [-0.1, -0.05) is 18.2 Å². The van der Waals surface area contributed by atoms with Gasteiger partial charge in [-0.3, -0.25) is 0 Å². The summed E-state index contributed by atoms with van der Waals surface area (Å²) in [6.45, 7) is 2.10. The minimum absolute atomic E-state index is 0.104. The molecule has 12 nitrogen and oxygen atoms in total. The maximum absolute atomic E-state index is 13.6. The van der Waals surface area contributed by atoms with E-state index in [0.717, 1.165) is 16.7 Å². The maximum atomic E-state index is 13.6. The van der Waals surface area contributed by atoms with Crippen LogP contribution in [0.2, 0.25) is 0 Å². The predicted octanol–water partition coefficient (Wildman–Crippen LogP) is 5.19. The molecule has 0 aromatic heterocycles. The van der Waals surface area contributed by atoms with Gasteiger partial charge in [0.15, 0.2) is 34.5 Å². The Hall–Kier alpha value is -5.43. The van der Waals surface area contributed by atoms with Crippen LogP contribution in [0.25, 0.3) is 0 Å². The Bertz CT molecular complexity index is 1720. The van der Waals surface area contributed by atoms with Crippen LogP contribution in [-0.4, -0.2) is 77.4 Å². The van der Waals surface area contributed by atoms with Gasteiger partial charge in [0.2, 0.25) is 0 Å². The van der Waals surface area contributed by atoms with Gasteiger partial charge in [0.1, 0.15) is 0 Å². The third-order valence-electron chi connectivity index (χ3n) is 8.53. The molecular formula is C39H36O12. The highest BCUT2D eigenvalue weighted by Crippen LogP contribution is 2.34. The summed E-state index contributed by atoms with van der Waals surface area (Å²) in [6.07, 6.45) is 2.58. The Kier molecular flexibility index (Phi) is 9.89. The quantitative estimate of drug-likeness (QED) is 0.0916. The summed E-state index contributed by atoms with van der Waals surface area (Å²) >= 11 is 0. The Balaban J connectivity index is 1.16. The largest absolute Gasteiger partial charge is 0.493 e. The van der Waals surface area contributed by atoms with E-state index in [-0.39, 0.29) is 52.3 Å². The molecule has 0 bridgehead atoms. The van der Waals surface area contributed by atoms with Crippen LogP contribution in [0.1, 0.15) is 47.8 Å². The molecule has 3 fully saturated rings. The Morgan fingerprint density at radius 2 is 0.745 bits per heavy atom. The second-order valence-corrected chi connectivity index (χ2v) is 12.4. The molecule has 3 atom stereocenters. The van der Waals surface area contributed by atoms with Crippen LogP contribution >= 0.6 is 0 Å². The summed E-state index contributed by atoms with van der Waals surface area (Å²) in [4.78, 5) is 40.9. The normalized spacial score (nSPS) is 18.3. The Morgan fingerprint density at radius 1 is 0.471 bits per heavy atom. The van der Waals surface area contributed by atoms with Gasteiger partial charge in [-0.15, -0.1) is 0 Å². The van der Waals surface area contributed by atoms with E-state index in [1.807, 2.05) is 18.2 Å². The molecule has 0 amide bonds. The monoisotopic (exact) mass is 696 g/mol. The lowest BCUT2D eigenvalue weighted by molar-refractivity contribution is 0.0729. The lowest BCUT2D eigenvalue weighted by atomic mass is 10.0. The summed E-state index contributed by atoms with van der Waals surface area (Å²) in [6, 6.07) is 19.5. The highest BCUT2D eigenvalue weighted by molar-refractivity contribution is 6.02. The summed E-state index contributed by atoms with van der Waals surface area (Å²) in [5.74, 6) is -1.05. The number of carbonyl (C=O) groups excluding carboxylic acids is 3. The first-order valence-corrected chi connectivity index (χ1v) is 16.5. The number of epoxide rings is 3. The van der Waals surface area contributed by atoms with E-state index in [4.69, 9.17) is 42.6 Å². The third-order valence-corrected chi connectivity index (χ3v) is 8.53. The SMILES string of the molecule is COc1cc(CC2CO2)ccc1OC(=O)c1cc(C(=O)Oc2ccc(CC3CO3)cc2OC)cc(C(=O)Oc2ccc(CC3CO3)cc2OC)c1. The standard InChI is InChI=1S/C39H36O12/c1-43-34-13-22(10-28-19-46-28)4-7-31(34)49-37(40)25-16-26(38(41)50-32-8-5-23(11-29-20-47-29)14-35(32)44-2)18-27(17-25)39(42)51-33-9-6-24(12-30-21-48-30)15-36(33)45-3/h4-9,13-18,28-30H,10-12,19-21H2,1-3H3. The molecule has 0 aliphatic carbocycles. The molecule has 7 rings (SSSR count). The first-order chi connectivity index (χ1) is 24.8. The van der Waals surface area contributed by atoms with Crippen molar-refractivity contribution in [2.24, 2.45) is 0 Å². The number of carbonyl (C=O) groups is 3. The van der Waals surface area contributed by atoms with Crippen LogP contribution in [0.4, 0.5) is 0 Å². The number of hydrogen-bond acceptors (Lipinski definition) is 12.